The molecule has 1 N–H and O–H groups in total. The van der Waals surface area contributed by atoms with E-state index in [2.05, 4.69) is 5.32 Å². The summed E-state index contributed by atoms with van der Waals surface area (Å²) in [4.78, 5) is 22.1. The second-order valence-electron chi connectivity index (χ2n) is 2.88. The number of fused-ring (bicyclic) bond motifs is 1. The van der Waals surface area contributed by atoms with Crippen LogP contribution in [0, 0.1) is 12.7 Å². The Kier molecular flexibility index (Phi) is 1.45. The number of carbonyl (C=O) groups is 2. The van der Waals surface area contributed by atoms with Crippen LogP contribution in [0.2, 0.25) is 0 Å². The molecule has 4 heteroatoms. The van der Waals surface area contributed by atoms with Gasteiger partial charge in [-0.05, 0) is 24.6 Å². The molecule has 2 rings (SSSR count). The Balaban J connectivity index is 2.73. The lowest BCUT2D eigenvalue weighted by molar-refractivity contribution is -0.112. The molecule has 0 spiro atoms. The largest absolute Gasteiger partial charge is 0.318 e. The first kappa shape index (κ1) is 7.91. The third kappa shape index (κ3) is 0.950. The summed E-state index contributed by atoms with van der Waals surface area (Å²) >= 11 is 0. The van der Waals surface area contributed by atoms with Crippen LogP contribution in [0.15, 0.2) is 12.1 Å². The smallest absolute Gasteiger partial charge is 0.296 e. The Bertz CT molecular complexity index is 426. The van der Waals surface area contributed by atoms with Crippen molar-refractivity contribution in [1.29, 1.82) is 0 Å². The number of amides is 1. The summed E-state index contributed by atoms with van der Waals surface area (Å²) in [5, 5.41) is 2.36. The topological polar surface area (TPSA) is 46.2 Å². The van der Waals surface area contributed by atoms with Crippen molar-refractivity contribution in [3.05, 3.63) is 29.1 Å². The molecule has 1 aromatic carbocycles. The number of nitrogens with one attached hydrogen (secondary N) is 1. The molecular formula is C9H6FNO2. The van der Waals surface area contributed by atoms with Crippen molar-refractivity contribution in [1.82, 2.24) is 0 Å². The molecular weight excluding hydrogens is 173 g/mol. The fourth-order valence-corrected chi connectivity index (χ4v) is 1.38. The molecule has 0 atom stereocenters. The van der Waals surface area contributed by atoms with Gasteiger partial charge in [-0.3, -0.25) is 9.59 Å². The zero-order valence-electron chi connectivity index (χ0n) is 6.85. The summed E-state index contributed by atoms with van der Waals surface area (Å²) in [6.07, 6.45) is 0. The van der Waals surface area contributed by atoms with Crippen molar-refractivity contribution >= 4 is 17.4 Å². The van der Waals surface area contributed by atoms with Crippen LogP contribution in [0.25, 0.3) is 0 Å². The molecule has 0 aromatic heterocycles. The van der Waals surface area contributed by atoms with E-state index in [0.717, 1.165) is 0 Å². The predicted molar refractivity (Wildman–Crippen MR) is 44.1 cm³/mol. The fraction of sp³-hybridized carbons (Fsp3) is 0.111. The summed E-state index contributed by atoms with van der Waals surface area (Å²) in [5.74, 6) is -1.82. The van der Waals surface area contributed by atoms with E-state index < -0.39 is 17.5 Å². The van der Waals surface area contributed by atoms with Gasteiger partial charge in [-0.2, -0.15) is 0 Å². The van der Waals surface area contributed by atoms with Gasteiger partial charge in [-0.25, -0.2) is 4.39 Å². The summed E-state index contributed by atoms with van der Waals surface area (Å²) in [6, 6.07) is 2.62. The fourth-order valence-electron chi connectivity index (χ4n) is 1.38. The van der Waals surface area contributed by atoms with Crippen molar-refractivity contribution < 1.29 is 14.0 Å². The highest BCUT2D eigenvalue weighted by molar-refractivity contribution is 6.52. The van der Waals surface area contributed by atoms with Crippen molar-refractivity contribution in [3.63, 3.8) is 0 Å². The number of rotatable bonds is 0. The van der Waals surface area contributed by atoms with E-state index >= 15 is 0 Å². The van der Waals surface area contributed by atoms with Gasteiger partial charge in [0.2, 0.25) is 0 Å². The Hall–Kier alpha value is -1.71. The van der Waals surface area contributed by atoms with Crippen LogP contribution in [-0.4, -0.2) is 11.7 Å². The van der Waals surface area contributed by atoms with Crippen LogP contribution in [0.1, 0.15) is 15.9 Å². The molecule has 0 fully saturated rings. The van der Waals surface area contributed by atoms with E-state index in [-0.39, 0.29) is 11.1 Å². The Morgan fingerprint density at radius 3 is 2.69 bits per heavy atom. The molecule has 3 nitrogen and oxygen atoms in total. The average Bonchev–Trinajstić information content (AvgIpc) is 2.37. The summed E-state index contributed by atoms with van der Waals surface area (Å²) in [5.41, 5.74) is 0.778. The van der Waals surface area contributed by atoms with E-state index in [0.29, 0.717) is 5.69 Å². The number of hydrogen-bond donors (Lipinski definition) is 1. The first-order valence-electron chi connectivity index (χ1n) is 3.76. The van der Waals surface area contributed by atoms with Gasteiger partial charge in [0, 0.05) is 0 Å². The van der Waals surface area contributed by atoms with Crippen molar-refractivity contribution in [2.45, 2.75) is 6.92 Å². The number of carbonyl (C=O) groups excluding carboxylic acids is 2. The lowest BCUT2D eigenvalue weighted by Gasteiger charge is -2.00. The van der Waals surface area contributed by atoms with Crippen molar-refractivity contribution in [2.75, 3.05) is 5.32 Å². The van der Waals surface area contributed by atoms with Crippen LogP contribution in [0.3, 0.4) is 0 Å². The van der Waals surface area contributed by atoms with E-state index in [9.17, 15) is 14.0 Å². The highest BCUT2D eigenvalue weighted by Crippen LogP contribution is 2.27. The van der Waals surface area contributed by atoms with E-state index in [1.165, 1.54) is 19.1 Å². The molecule has 13 heavy (non-hydrogen) atoms. The number of halogens is 1. The first-order chi connectivity index (χ1) is 6.11. The second-order valence-corrected chi connectivity index (χ2v) is 2.88. The molecule has 1 heterocycles. The van der Waals surface area contributed by atoms with Crippen molar-refractivity contribution in [2.24, 2.45) is 0 Å². The minimum absolute atomic E-state index is 0.157. The molecule has 0 unspecified atom stereocenters. The Morgan fingerprint density at radius 2 is 2.00 bits per heavy atom. The maximum atomic E-state index is 13.0. The summed E-state index contributed by atoms with van der Waals surface area (Å²) < 4.78 is 13.0. The predicted octanol–water partition coefficient (Wildman–Crippen LogP) is 1.27. The highest BCUT2D eigenvalue weighted by atomic mass is 19.1. The molecule has 1 amide bonds. The second kappa shape index (κ2) is 2.39. The molecule has 1 aliphatic rings. The lowest BCUT2D eigenvalue weighted by Crippen LogP contribution is -2.13. The molecule has 0 bridgehead atoms. The minimum atomic E-state index is -0.691. The van der Waals surface area contributed by atoms with Gasteiger partial charge in [0.1, 0.15) is 5.82 Å². The maximum absolute atomic E-state index is 13.0. The van der Waals surface area contributed by atoms with E-state index in [4.69, 9.17) is 0 Å². The minimum Gasteiger partial charge on any atom is -0.318 e. The zero-order chi connectivity index (χ0) is 9.59. The van der Waals surface area contributed by atoms with Gasteiger partial charge >= 0.3 is 0 Å². The zero-order valence-corrected chi connectivity index (χ0v) is 6.85. The van der Waals surface area contributed by atoms with Gasteiger partial charge in [0.25, 0.3) is 11.7 Å². The molecule has 66 valence electrons. The number of benzene rings is 1. The van der Waals surface area contributed by atoms with Crippen LogP contribution in [0.5, 0.6) is 0 Å². The monoisotopic (exact) mass is 179 g/mol. The quantitative estimate of drug-likeness (QED) is 0.609. The third-order valence-electron chi connectivity index (χ3n) is 2.08. The number of Topliss-reactive ketones (excluding diaryl/α,β-unsaturated/α-hetero) is 1. The van der Waals surface area contributed by atoms with Gasteiger partial charge < -0.3 is 5.32 Å². The first-order valence-corrected chi connectivity index (χ1v) is 3.76. The van der Waals surface area contributed by atoms with Crippen LogP contribution in [-0.2, 0) is 4.79 Å². The standard InChI is InChI=1S/C9H6FNO2/c1-4-5(10)2-3-6-7(4)8(12)9(13)11-6/h2-3H,1H3,(H,11,12,13). The number of ketones is 1. The lowest BCUT2D eigenvalue weighted by atomic mass is 10.1. The van der Waals surface area contributed by atoms with Crippen molar-refractivity contribution in [3.8, 4) is 0 Å². The molecule has 1 aromatic rings. The number of hydrogen-bond acceptors (Lipinski definition) is 2. The maximum Gasteiger partial charge on any atom is 0.296 e. The molecule has 0 saturated carbocycles. The molecule has 0 saturated heterocycles. The van der Waals surface area contributed by atoms with Crippen LogP contribution < -0.4 is 5.32 Å². The van der Waals surface area contributed by atoms with Gasteiger partial charge in [-0.15, -0.1) is 0 Å². The van der Waals surface area contributed by atoms with Gasteiger partial charge in [0.15, 0.2) is 0 Å². The highest BCUT2D eigenvalue weighted by Gasteiger charge is 2.30. The Labute approximate surface area is 73.6 Å². The molecule has 1 aliphatic heterocycles. The van der Waals surface area contributed by atoms with Crippen LogP contribution >= 0.6 is 0 Å². The van der Waals surface area contributed by atoms with E-state index in [1.54, 1.807) is 0 Å². The number of anilines is 1. The Morgan fingerprint density at radius 1 is 1.31 bits per heavy atom. The van der Waals surface area contributed by atoms with Gasteiger partial charge in [0.05, 0.1) is 11.3 Å². The summed E-state index contributed by atoms with van der Waals surface area (Å²) in [7, 11) is 0. The normalized spacial score (nSPS) is 14.3. The third-order valence-corrected chi connectivity index (χ3v) is 2.08. The van der Waals surface area contributed by atoms with E-state index in [1.807, 2.05) is 0 Å². The van der Waals surface area contributed by atoms with Crippen LogP contribution in [0.4, 0.5) is 10.1 Å². The summed E-state index contributed by atoms with van der Waals surface area (Å²) in [6.45, 7) is 1.48. The average molecular weight is 179 g/mol. The SMILES string of the molecule is Cc1c(F)ccc2c1C(=O)C(=O)N2. The molecule has 0 aliphatic carbocycles. The van der Waals surface area contributed by atoms with Gasteiger partial charge in [-0.1, -0.05) is 0 Å². The molecule has 0 radical (unpaired) electrons.